The molecule has 0 aliphatic heterocycles. The van der Waals surface area contributed by atoms with Crippen LogP contribution in [0.25, 0.3) is 0 Å². The van der Waals surface area contributed by atoms with Gasteiger partial charge in [0.2, 0.25) is 0 Å². The van der Waals surface area contributed by atoms with Gasteiger partial charge in [0.25, 0.3) is 5.97 Å². The maximum atomic E-state index is 11.8. The lowest BCUT2D eigenvalue weighted by atomic mass is 9.87. The lowest BCUT2D eigenvalue weighted by Crippen LogP contribution is -2.28. The van der Waals surface area contributed by atoms with Crippen molar-refractivity contribution in [2.75, 3.05) is 7.11 Å². The third-order valence-corrected chi connectivity index (χ3v) is 3.88. The normalized spacial score (nSPS) is 12.2. The minimum Gasteiger partial charge on any atom is -0.499 e. The van der Waals surface area contributed by atoms with Crippen molar-refractivity contribution in [2.24, 2.45) is 5.41 Å². The Morgan fingerprint density at radius 3 is 2.17 bits per heavy atom. The summed E-state index contributed by atoms with van der Waals surface area (Å²) in [4.78, 5) is 11.8. The smallest absolute Gasteiger partial charge is 0.368 e. The summed E-state index contributed by atoms with van der Waals surface area (Å²) in [6.45, 7) is 6.17. The SMILES string of the molecule is CCCCCCCCCC(C)(C)C(=O)O[SiH2]OC. The Morgan fingerprint density at radius 1 is 1.06 bits per heavy atom. The van der Waals surface area contributed by atoms with Crippen LogP contribution in [0.2, 0.25) is 0 Å². The predicted molar refractivity (Wildman–Crippen MR) is 78.0 cm³/mol. The number of hydrogen-bond donors (Lipinski definition) is 0. The highest BCUT2D eigenvalue weighted by Gasteiger charge is 2.28. The molecule has 0 N–H and O–H groups in total. The molecule has 4 heteroatoms. The molecular formula is C14H30O3Si. The van der Waals surface area contributed by atoms with Gasteiger partial charge in [-0.2, -0.15) is 0 Å². The second kappa shape index (κ2) is 10.6. The van der Waals surface area contributed by atoms with Crippen molar-refractivity contribution in [3.05, 3.63) is 0 Å². The quantitative estimate of drug-likeness (QED) is 0.428. The summed E-state index contributed by atoms with van der Waals surface area (Å²) in [5.41, 5.74) is -0.352. The zero-order valence-electron chi connectivity index (χ0n) is 12.6. The Balaban J connectivity index is 3.60. The number of rotatable bonds is 11. The average Bonchev–Trinajstić information content (AvgIpc) is 2.34. The van der Waals surface area contributed by atoms with Crippen LogP contribution in [0.1, 0.15) is 72.1 Å². The van der Waals surface area contributed by atoms with Crippen LogP contribution in [0.5, 0.6) is 0 Å². The van der Waals surface area contributed by atoms with Crippen LogP contribution in [0.15, 0.2) is 0 Å². The second-order valence-electron chi connectivity index (χ2n) is 5.59. The van der Waals surface area contributed by atoms with Gasteiger partial charge in [0.15, 0.2) is 0 Å². The van der Waals surface area contributed by atoms with Gasteiger partial charge in [-0.3, -0.25) is 4.79 Å². The molecule has 0 heterocycles. The molecule has 0 rings (SSSR count). The van der Waals surface area contributed by atoms with E-state index in [-0.39, 0.29) is 11.4 Å². The number of hydrogen-bond acceptors (Lipinski definition) is 3. The molecule has 0 unspecified atom stereocenters. The van der Waals surface area contributed by atoms with Crippen molar-refractivity contribution in [1.82, 2.24) is 0 Å². The largest absolute Gasteiger partial charge is 0.499 e. The Labute approximate surface area is 115 Å². The molecule has 0 aliphatic rings. The molecule has 0 aliphatic carbocycles. The van der Waals surface area contributed by atoms with Crippen molar-refractivity contribution in [1.29, 1.82) is 0 Å². The first-order valence-corrected chi connectivity index (χ1v) is 8.36. The van der Waals surface area contributed by atoms with E-state index < -0.39 is 10.0 Å². The summed E-state index contributed by atoms with van der Waals surface area (Å²) < 4.78 is 10.0. The third-order valence-electron chi connectivity index (χ3n) is 3.27. The fourth-order valence-electron chi connectivity index (χ4n) is 1.93. The fraction of sp³-hybridized carbons (Fsp3) is 0.929. The lowest BCUT2D eigenvalue weighted by Gasteiger charge is -2.22. The fourth-order valence-corrected chi connectivity index (χ4v) is 2.55. The van der Waals surface area contributed by atoms with Crippen molar-refractivity contribution in [3.8, 4) is 0 Å². The third kappa shape index (κ3) is 8.70. The Morgan fingerprint density at radius 2 is 1.61 bits per heavy atom. The second-order valence-corrected chi connectivity index (χ2v) is 6.70. The summed E-state index contributed by atoms with van der Waals surface area (Å²) in [5.74, 6) is -0.0954. The lowest BCUT2D eigenvalue weighted by molar-refractivity contribution is -0.145. The van der Waals surface area contributed by atoms with Crippen LogP contribution in [-0.4, -0.2) is 23.1 Å². The number of unbranched alkanes of at least 4 members (excludes halogenated alkanes) is 6. The topological polar surface area (TPSA) is 35.5 Å². The molecule has 0 fully saturated rings. The maximum Gasteiger partial charge on any atom is 0.368 e. The summed E-state index contributed by atoms with van der Waals surface area (Å²) in [6.07, 6.45) is 9.86. The van der Waals surface area contributed by atoms with Gasteiger partial charge >= 0.3 is 10.0 Å². The van der Waals surface area contributed by atoms with Crippen molar-refractivity contribution >= 4 is 16.0 Å². The van der Waals surface area contributed by atoms with Gasteiger partial charge in [0.1, 0.15) is 0 Å². The summed E-state index contributed by atoms with van der Waals surface area (Å²) in [5, 5.41) is 0. The van der Waals surface area contributed by atoms with Crippen LogP contribution >= 0.6 is 0 Å². The van der Waals surface area contributed by atoms with Crippen LogP contribution in [0, 0.1) is 5.41 Å². The standard InChI is InChI=1S/C14H30O3Si/c1-5-6-7-8-9-10-11-12-14(2,3)13(15)17-18-16-4/h5-12,18H2,1-4H3. The molecule has 0 amide bonds. The highest BCUT2D eigenvalue weighted by molar-refractivity contribution is 6.22. The van der Waals surface area contributed by atoms with Gasteiger partial charge in [0, 0.05) is 7.11 Å². The van der Waals surface area contributed by atoms with E-state index in [2.05, 4.69) is 6.92 Å². The van der Waals surface area contributed by atoms with Gasteiger partial charge in [-0.25, -0.2) is 0 Å². The molecule has 0 radical (unpaired) electrons. The van der Waals surface area contributed by atoms with Crippen LogP contribution in [-0.2, 0) is 13.6 Å². The summed E-state index contributed by atoms with van der Waals surface area (Å²) >= 11 is 0. The van der Waals surface area contributed by atoms with E-state index in [1.54, 1.807) is 7.11 Å². The van der Waals surface area contributed by atoms with Gasteiger partial charge in [-0.05, 0) is 20.3 Å². The van der Waals surface area contributed by atoms with E-state index in [9.17, 15) is 4.79 Å². The molecule has 0 aromatic rings. The molecule has 0 saturated carbocycles. The van der Waals surface area contributed by atoms with E-state index in [0.717, 1.165) is 12.8 Å². The van der Waals surface area contributed by atoms with Crippen LogP contribution in [0.4, 0.5) is 0 Å². The van der Waals surface area contributed by atoms with E-state index in [1.165, 1.54) is 38.5 Å². The first kappa shape index (κ1) is 17.6. The molecule has 0 aromatic carbocycles. The molecule has 0 aromatic heterocycles. The number of carbonyl (C=O) groups excluding carboxylic acids is 1. The van der Waals surface area contributed by atoms with E-state index >= 15 is 0 Å². The highest BCUT2D eigenvalue weighted by atomic mass is 28.3. The van der Waals surface area contributed by atoms with Crippen molar-refractivity contribution in [2.45, 2.75) is 72.1 Å². The average molecular weight is 274 g/mol. The highest BCUT2D eigenvalue weighted by Crippen LogP contribution is 2.25. The maximum absolute atomic E-state index is 11.8. The van der Waals surface area contributed by atoms with E-state index in [1.807, 2.05) is 13.8 Å². The Kier molecular flexibility index (Phi) is 10.4. The Bertz CT molecular complexity index is 217. The van der Waals surface area contributed by atoms with Crippen LogP contribution in [0.3, 0.4) is 0 Å². The Hall–Kier alpha value is -0.353. The zero-order valence-corrected chi connectivity index (χ0v) is 14.0. The van der Waals surface area contributed by atoms with Crippen molar-refractivity contribution in [3.63, 3.8) is 0 Å². The van der Waals surface area contributed by atoms with Gasteiger partial charge in [-0.15, -0.1) is 0 Å². The molecule has 0 atom stereocenters. The molecule has 18 heavy (non-hydrogen) atoms. The monoisotopic (exact) mass is 274 g/mol. The minimum atomic E-state index is -1.10. The van der Waals surface area contributed by atoms with Gasteiger partial charge in [-0.1, -0.05) is 51.9 Å². The first-order valence-electron chi connectivity index (χ1n) is 7.20. The molecule has 0 bridgehead atoms. The summed E-state index contributed by atoms with van der Waals surface area (Å²) in [6, 6.07) is 0. The van der Waals surface area contributed by atoms with E-state index in [0.29, 0.717) is 0 Å². The molecular weight excluding hydrogens is 244 g/mol. The summed E-state index contributed by atoms with van der Waals surface area (Å²) in [7, 11) is 0.488. The van der Waals surface area contributed by atoms with Crippen LogP contribution < -0.4 is 0 Å². The molecule has 0 spiro atoms. The molecule has 0 saturated heterocycles. The first-order chi connectivity index (χ1) is 8.54. The van der Waals surface area contributed by atoms with Gasteiger partial charge in [0.05, 0.1) is 5.41 Å². The van der Waals surface area contributed by atoms with E-state index in [4.69, 9.17) is 8.85 Å². The number of carbonyl (C=O) groups is 1. The predicted octanol–water partition coefficient (Wildman–Crippen LogP) is 3.34. The minimum absolute atomic E-state index is 0.0954. The van der Waals surface area contributed by atoms with Gasteiger partial charge < -0.3 is 8.85 Å². The molecule has 3 nitrogen and oxygen atoms in total. The molecule has 108 valence electrons. The van der Waals surface area contributed by atoms with Crippen molar-refractivity contribution < 1.29 is 13.6 Å². The zero-order chi connectivity index (χ0) is 13.9.